The molecule has 230 valence electrons. The van der Waals surface area contributed by atoms with Gasteiger partial charge < -0.3 is 25.4 Å². The van der Waals surface area contributed by atoms with Crippen LogP contribution in [0.4, 0.5) is 17.8 Å². The Balaban J connectivity index is 1.11. The lowest BCUT2D eigenvalue weighted by Gasteiger charge is -2.24. The SMILES string of the molecule is CCCOCCOCCCC(=O)c1ccc(CNc2nc(NCC3CCCCC3)nc(NC3CC4CCC3C4)n2)cc1. The predicted octanol–water partition coefficient (Wildman–Crippen LogP) is 6.48. The molecule has 3 aliphatic carbocycles. The molecule has 1 aromatic carbocycles. The first-order valence-corrected chi connectivity index (χ1v) is 16.4. The van der Waals surface area contributed by atoms with E-state index < -0.39 is 0 Å². The molecule has 3 aliphatic rings. The number of rotatable bonds is 18. The summed E-state index contributed by atoms with van der Waals surface area (Å²) < 4.78 is 11.0. The molecule has 42 heavy (non-hydrogen) atoms. The molecule has 3 unspecified atom stereocenters. The van der Waals surface area contributed by atoms with Crippen molar-refractivity contribution in [1.82, 2.24) is 15.0 Å². The summed E-state index contributed by atoms with van der Waals surface area (Å²) in [4.78, 5) is 26.8. The van der Waals surface area contributed by atoms with Crippen molar-refractivity contribution < 1.29 is 14.3 Å². The monoisotopic (exact) mass is 578 g/mol. The summed E-state index contributed by atoms with van der Waals surface area (Å²) >= 11 is 0. The van der Waals surface area contributed by atoms with Crippen LogP contribution in [0.2, 0.25) is 0 Å². The second kappa shape index (κ2) is 16.2. The van der Waals surface area contributed by atoms with Gasteiger partial charge in [0.25, 0.3) is 0 Å². The Morgan fingerprint density at radius 3 is 2.29 bits per heavy atom. The Morgan fingerprint density at radius 2 is 1.57 bits per heavy atom. The molecule has 1 heterocycles. The summed E-state index contributed by atoms with van der Waals surface area (Å²) in [6, 6.07) is 8.28. The molecule has 1 aromatic heterocycles. The van der Waals surface area contributed by atoms with Gasteiger partial charge >= 0.3 is 0 Å². The van der Waals surface area contributed by atoms with Gasteiger partial charge in [-0.2, -0.15) is 15.0 Å². The van der Waals surface area contributed by atoms with E-state index in [9.17, 15) is 4.79 Å². The van der Waals surface area contributed by atoms with E-state index in [0.29, 0.717) is 69.0 Å². The van der Waals surface area contributed by atoms with Crippen LogP contribution in [0, 0.1) is 17.8 Å². The van der Waals surface area contributed by atoms with Gasteiger partial charge in [0.15, 0.2) is 5.78 Å². The fraction of sp³-hybridized carbons (Fsp3) is 0.697. The van der Waals surface area contributed by atoms with E-state index in [1.54, 1.807) is 0 Å². The predicted molar refractivity (Wildman–Crippen MR) is 167 cm³/mol. The van der Waals surface area contributed by atoms with E-state index in [1.165, 1.54) is 57.8 Å². The maximum atomic E-state index is 12.6. The van der Waals surface area contributed by atoms with Crippen LogP contribution in [-0.2, 0) is 16.0 Å². The van der Waals surface area contributed by atoms with Crippen LogP contribution in [0.25, 0.3) is 0 Å². The zero-order chi connectivity index (χ0) is 29.0. The van der Waals surface area contributed by atoms with E-state index in [-0.39, 0.29) is 5.78 Å². The second-order valence-electron chi connectivity index (χ2n) is 12.4. The van der Waals surface area contributed by atoms with Crippen molar-refractivity contribution in [3.05, 3.63) is 35.4 Å². The van der Waals surface area contributed by atoms with Gasteiger partial charge in [0.05, 0.1) is 13.2 Å². The topological polar surface area (TPSA) is 110 Å². The van der Waals surface area contributed by atoms with Gasteiger partial charge in [0, 0.05) is 44.3 Å². The summed E-state index contributed by atoms with van der Waals surface area (Å²) in [6.45, 7) is 6.10. The summed E-state index contributed by atoms with van der Waals surface area (Å²) in [7, 11) is 0. The Labute approximate surface area is 251 Å². The van der Waals surface area contributed by atoms with Crippen molar-refractivity contribution in [1.29, 1.82) is 0 Å². The van der Waals surface area contributed by atoms with Crippen LogP contribution in [0.5, 0.6) is 0 Å². The lowest BCUT2D eigenvalue weighted by atomic mass is 9.89. The molecular weight excluding hydrogens is 528 g/mol. The maximum Gasteiger partial charge on any atom is 0.229 e. The molecule has 3 saturated carbocycles. The third-order valence-electron chi connectivity index (χ3n) is 9.10. The summed E-state index contributed by atoms with van der Waals surface area (Å²) in [5.74, 6) is 4.30. The molecule has 9 heteroatoms. The second-order valence-corrected chi connectivity index (χ2v) is 12.4. The van der Waals surface area contributed by atoms with Crippen LogP contribution < -0.4 is 16.0 Å². The third kappa shape index (κ3) is 9.36. The molecule has 0 amide bonds. The van der Waals surface area contributed by atoms with E-state index in [1.807, 2.05) is 24.3 Å². The van der Waals surface area contributed by atoms with Crippen molar-refractivity contribution in [3.8, 4) is 0 Å². The van der Waals surface area contributed by atoms with Crippen molar-refractivity contribution in [3.63, 3.8) is 0 Å². The fourth-order valence-corrected chi connectivity index (χ4v) is 6.75. The standard InChI is InChI=1S/C33H50N6O3/c1-2-16-41-18-19-42-17-6-9-30(40)27-13-10-25(11-14-27)23-35-32-37-31(34-22-24-7-4-3-5-8-24)38-33(39-32)36-29-21-26-12-15-28(29)20-26/h10-11,13-14,24,26,28-29H,2-9,12,15-23H2,1H3,(H3,34,35,36,37,38,39). The number of carbonyl (C=O) groups excluding carboxylic acids is 1. The number of hydrogen-bond acceptors (Lipinski definition) is 9. The molecule has 2 bridgehead atoms. The molecule has 3 fully saturated rings. The number of nitrogens with one attached hydrogen (secondary N) is 3. The molecule has 0 radical (unpaired) electrons. The van der Waals surface area contributed by atoms with Crippen molar-refractivity contribution in [2.24, 2.45) is 17.8 Å². The molecule has 3 N–H and O–H groups in total. The van der Waals surface area contributed by atoms with Crippen LogP contribution >= 0.6 is 0 Å². The first kappa shape index (κ1) is 30.7. The van der Waals surface area contributed by atoms with E-state index >= 15 is 0 Å². The number of fused-ring (bicyclic) bond motifs is 2. The molecule has 0 spiro atoms. The Kier molecular flexibility index (Phi) is 11.8. The normalized spacial score (nSPS) is 21.9. The minimum atomic E-state index is 0.142. The average Bonchev–Trinajstić information content (AvgIpc) is 3.65. The van der Waals surface area contributed by atoms with Crippen LogP contribution in [0.3, 0.4) is 0 Å². The number of anilines is 3. The van der Waals surface area contributed by atoms with Gasteiger partial charge in [-0.3, -0.25) is 4.79 Å². The van der Waals surface area contributed by atoms with Crippen molar-refractivity contribution in [2.75, 3.05) is 48.9 Å². The molecular formula is C33H50N6O3. The zero-order valence-electron chi connectivity index (χ0n) is 25.4. The minimum Gasteiger partial charge on any atom is -0.379 e. The van der Waals surface area contributed by atoms with Crippen LogP contribution in [0.1, 0.15) is 99.9 Å². The molecule has 3 atom stereocenters. The van der Waals surface area contributed by atoms with Gasteiger partial charge in [0.2, 0.25) is 17.8 Å². The Morgan fingerprint density at radius 1 is 0.833 bits per heavy atom. The highest BCUT2D eigenvalue weighted by atomic mass is 16.5. The summed E-state index contributed by atoms with van der Waals surface area (Å²) in [6.07, 6.45) is 14.0. The number of ether oxygens (including phenoxy) is 2. The van der Waals surface area contributed by atoms with Gasteiger partial charge in [-0.1, -0.05) is 56.9 Å². The van der Waals surface area contributed by atoms with E-state index in [0.717, 1.165) is 42.5 Å². The highest BCUT2D eigenvalue weighted by molar-refractivity contribution is 5.96. The van der Waals surface area contributed by atoms with E-state index in [2.05, 4.69) is 22.9 Å². The molecule has 0 aliphatic heterocycles. The van der Waals surface area contributed by atoms with Crippen molar-refractivity contribution in [2.45, 2.75) is 96.6 Å². The lowest BCUT2D eigenvalue weighted by Crippen LogP contribution is -2.27. The number of carbonyl (C=O) groups is 1. The molecule has 9 nitrogen and oxygen atoms in total. The van der Waals surface area contributed by atoms with Gasteiger partial charge in [-0.15, -0.1) is 0 Å². The highest BCUT2D eigenvalue weighted by Gasteiger charge is 2.39. The largest absolute Gasteiger partial charge is 0.379 e. The van der Waals surface area contributed by atoms with Gasteiger partial charge in [-0.25, -0.2) is 0 Å². The summed E-state index contributed by atoms with van der Waals surface area (Å²) in [5, 5.41) is 10.6. The number of Topliss-reactive ketones (excluding diaryl/α,β-unsaturated/α-hetero) is 1. The summed E-state index contributed by atoms with van der Waals surface area (Å²) in [5.41, 5.74) is 1.80. The molecule has 0 saturated heterocycles. The molecule has 5 rings (SSSR count). The number of nitrogens with zero attached hydrogens (tertiary/aromatic N) is 3. The number of ketones is 1. The van der Waals surface area contributed by atoms with Crippen LogP contribution in [-0.4, -0.2) is 59.7 Å². The smallest absolute Gasteiger partial charge is 0.229 e. The number of hydrogen-bond donors (Lipinski definition) is 3. The Bertz CT molecular complexity index is 1110. The van der Waals surface area contributed by atoms with Gasteiger partial charge in [-0.05, 0) is 68.3 Å². The zero-order valence-corrected chi connectivity index (χ0v) is 25.4. The number of aromatic nitrogens is 3. The quantitative estimate of drug-likeness (QED) is 0.135. The van der Waals surface area contributed by atoms with E-state index in [4.69, 9.17) is 24.4 Å². The van der Waals surface area contributed by atoms with Crippen LogP contribution in [0.15, 0.2) is 24.3 Å². The van der Waals surface area contributed by atoms with Gasteiger partial charge in [0.1, 0.15) is 0 Å². The minimum absolute atomic E-state index is 0.142. The lowest BCUT2D eigenvalue weighted by molar-refractivity contribution is 0.0463. The highest BCUT2D eigenvalue weighted by Crippen LogP contribution is 2.45. The Hall–Kier alpha value is -2.78. The van der Waals surface area contributed by atoms with Crippen molar-refractivity contribution >= 4 is 23.6 Å². The maximum absolute atomic E-state index is 12.6. The average molecular weight is 579 g/mol. The third-order valence-corrected chi connectivity index (χ3v) is 9.10. The fourth-order valence-electron chi connectivity index (χ4n) is 6.75. The first-order chi connectivity index (χ1) is 20.7. The molecule has 2 aromatic rings. The first-order valence-electron chi connectivity index (χ1n) is 16.4. The number of benzene rings is 1.